The number of aryl methyl sites for hydroxylation is 3. The molecule has 1 aliphatic rings. The summed E-state index contributed by atoms with van der Waals surface area (Å²) < 4.78 is 13.1. The van der Waals surface area contributed by atoms with Crippen molar-refractivity contribution in [2.75, 3.05) is 5.73 Å². The lowest BCUT2D eigenvalue weighted by atomic mass is 9.93. The van der Waals surface area contributed by atoms with E-state index in [9.17, 15) is 0 Å². The molecule has 31 heavy (non-hydrogen) atoms. The van der Waals surface area contributed by atoms with E-state index in [1.807, 2.05) is 30.9 Å². The van der Waals surface area contributed by atoms with Crippen LogP contribution in [0.1, 0.15) is 47.2 Å². The molecule has 1 unspecified atom stereocenters. The van der Waals surface area contributed by atoms with Gasteiger partial charge in [0, 0.05) is 58.6 Å². The summed E-state index contributed by atoms with van der Waals surface area (Å²) in [5, 5.41) is 4.83. The van der Waals surface area contributed by atoms with E-state index < -0.39 is 0 Å². The van der Waals surface area contributed by atoms with Gasteiger partial charge in [-0.05, 0) is 37.9 Å². The zero-order chi connectivity index (χ0) is 21.7. The Labute approximate surface area is 185 Å². The first-order valence-electron chi connectivity index (χ1n) is 10.5. The molecule has 0 amide bonds. The summed E-state index contributed by atoms with van der Waals surface area (Å²) in [5.41, 5.74) is 14.8. The first-order valence-corrected chi connectivity index (χ1v) is 11.2. The molecule has 0 saturated heterocycles. The Morgan fingerprint density at radius 3 is 2.94 bits per heavy atom. The van der Waals surface area contributed by atoms with Crippen LogP contribution in [0.25, 0.3) is 22.4 Å². The van der Waals surface area contributed by atoms with Crippen LogP contribution in [0.15, 0.2) is 36.7 Å². The molecule has 158 valence electrons. The number of nitrogens with zero attached hydrogens (tertiary/aromatic N) is 4. The summed E-state index contributed by atoms with van der Waals surface area (Å²) in [7, 11) is 1.96. The van der Waals surface area contributed by atoms with E-state index in [1.54, 1.807) is 11.5 Å². The molecular weight excluding hydrogens is 406 g/mol. The van der Waals surface area contributed by atoms with Gasteiger partial charge in [-0.1, -0.05) is 30.7 Å². The van der Waals surface area contributed by atoms with Gasteiger partial charge in [0.25, 0.3) is 0 Å². The molecule has 1 aliphatic heterocycles. The van der Waals surface area contributed by atoms with E-state index >= 15 is 0 Å². The zero-order valence-electron chi connectivity index (χ0n) is 18.1. The molecule has 6 nitrogen and oxygen atoms in total. The van der Waals surface area contributed by atoms with Crippen LogP contribution < -0.4 is 10.5 Å². The van der Waals surface area contributed by atoms with E-state index in [2.05, 4.69) is 43.2 Å². The fourth-order valence-corrected chi connectivity index (χ4v) is 5.13. The first kappa shape index (κ1) is 19.8. The monoisotopic (exact) mass is 431 g/mol. The predicted molar refractivity (Wildman–Crippen MR) is 124 cm³/mol. The fourth-order valence-electron chi connectivity index (χ4n) is 4.30. The highest BCUT2D eigenvalue weighted by molar-refractivity contribution is 7.06. The molecular formula is C24H25N5OS. The van der Waals surface area contributed by atoms with Crippen molar-refractivity contribution in [3.63, 3.8) is 0 Å². The standard InChI is InChI=1S/C24H25N5OS/c1-5-21-22-15-10-20(24(25)26-11-15)30-14(3)18-8-13(2)6-7-17(18)23-16(12-29(4)27-23)9-19(22)28-31-21/h6-8,10-12,14H,5,9H2,1-4H3,(H2,25,26). The number of anilines is 1. The molecule has 2 bridgehead atoms. The molecule has 0 spiro atoms. The summed E-state index contributed by atoms with van der Waals surface area (Å²) >= 11 is 1.55. The second-order valence-corrected chi connectivity index (χ2v) is 8.95. The van der Waals surface area contributed by atoms with Crippen molar-refractivity contribution in [1.82, 2.24) is 19.1 Å². The van der Waals surface area contributed by atoms with Crippen molar-refractivity contribution in [1.29, 1.82) is 0 Å². The van der Waals surface area contributed by atoms with Gasteiger partial charge >= 0.3 is 0 Å². The minimum Gasteiger partial charge on any atom is -0.482 e. The second-order valence-electron chi connectivity index (χ2n) is 8.09. The third-order valence-electron chi connectivity index (χ3n) is 5.79. The van der Waals surface area contributed by atoms with Crippen molar-refractivity contribution in [3.8, 4) is 28.1 Å². The summed E-state index contributed by atoms with van der Waals surface area (Å²) in [6.45, 7) is 6.29. The van der Waals surface area contributed by atoms with Crippen LogP contribution in [0.2, 0.25) is 0 Å². The average molecular weight is 432 g/mol. The van der Waals surface area contributed by atoms with Crippen LogP contribution in [0.3, 0.4) is 0 Å². The lowest BCUT2D eigenvalue weighted by molar-refractivity contribution is 0.228. The molecule has 5 rings (SSSR count). The minimum atomic E-state index is -0.214. The van der Waals surface area contributed by atoms with E-state index in [-0.39, 0.29) is 6.10 Å². The van der Waals surface area contributed by atoms with Gasteiger partial charge in [-0.15, -0.1) is 0 Å². The highest BCUT2D eigenvalue weighted by Crippen LogP contribution is 2.40. The number of nitrogens with two attached hydrogens (primary N) is 1. The Morgan fingerprint density at radius 1 is 1.29 bits per heavy atom. The number of rotatable bonds is 1. The summed E-state index contributed by atoms with van der Waals surface area (Å²) in [6, 6.07) is 8.43. The van der Waals surface area contributed by atoms with Gasteiger partial charge in [0.05, 0.1) is 11.4 Å². The lowest BCUT2D eigenvalue weighted by Crippen LogP contribution is -2.09. The Morgan fingerprint density at radius 2 is 2.13 bits per heavy atom. The number of hydrogen-bond donors (Lipinski definition) is 1. The lowest BCUT2D eigenvalue weighted by Gasteiger charge is -2.21. The third-order valence-corrected chi connectivity index (χ3v) is 6.82. The highest BCUT2D eigenvalue weighted by Gasteiger charge is 2.24. The molecule has 1 atom stereocenters. The van der Waals surface area contributed by atoms with E-state index in [1.165, 1.54) is 10.4 Å². The van der Waals surface area contributed by atoms with Gasteiger partial charge in [0.15, 0.2) is 11.6 Å². The number of aromatic nitrogens is 4. The maximum atomic E-state index is 6.39. The van der Waals surface area contributed by atoms with E-state index in [0.29, 0.717) is 18.0 Å². The van der Waals surface area contributed by atoms with E-state index in [4.69, 9.17) is 19.9 Å². The number of benzene rings is 1. The maximum absolute atomic E-state index is 6.39. The molecule has 4 heterocycles. The molecule has 0 aliphatic carbocycles. The van der Waals surface area contributed by atoms with Gasteiger partial charge in [0.2, 0.25) is 0 Å². The van der Waals surface area contributed by atoms with Crippen LogP contribution in [0, 0.1) is 6.92 Å². The van der Waals surface area contributed by atoms with Crippen LogP contribution in [-0.2, 0) is 19.9 Å². The van der Waals surface area contributed by atoms with Crippen molar-refractivity contribution in [2.45, 2.75) is 39.7 Å². The SMILES string of the molecule is CCc1snc2c1-c1cnc(N)c(c1)OC(C)c1cc(C)ccc1-c1nn(C)cc1C2. The van der Waals surface area contributed by atoms with Gasteiger partial charge in [-0.3, -0.25) is 4.68 Å². The Bertz CT molecular complexity index is 1290. The molecule has 7 heteroatoms. The van der Waals surface area contributed by atoms with Gasteiger partial charge in [-0.2, -0.15) is 9.47 Å². The van der Waals surface area contributed by atoms with Crippen molar-refractivity contribution in [2.24, 2.45) is 7.05 Å². The number of fused-ring (bicyclic) bond motifs is 7. The summed E-state index contributed by atoms with van der Waals surface area (Å²) in [6.07, 6.45) is 5.32. The Kier molecular flexibility index (Phi) is 4.78. The molecule has 0 fully saturated rings. The van der Waals surface area contributed by atoms with Gasteiger partial charge < -0.3 is 10.5 Å². The summed E-state index contributed by atoms with van der Waals surface area (Å²) in [5.74, 6) is 0.988. The number of ether oxygens (including phenoxy) is 1. The predicted octanol–water partition coefficient (Wildman–Crippen LogP) is 5.10. The van der Waals surface area contributed by atoms with Crippen LogP contribution >= 0.6 is 11.5 Å². The maximum Gasteiger partial charge on any atom is 0.166 e. The number of hydrogen-bond acceptors (Lipinski definition) is 6. The summed E-state index contributed by atoms with van der Waals surface area (Å²) in [4.78, 5) is 5.69. The molecule has 3 aromatic heterocycles. The van der Waals surface area contributed by atoms with Gasteiger partial charge in [-0.25, -0.2) is 4.98 Å². The van der Waals surface area contributed by atoms with Crippen LogP contribution in [-0.4, -0.2) is 19.1 Å². The molecule has 4 aromatic rings. The van der Waals surface area contributed by atoms with Crippen LogP contribution in [0.4, 0.5) is 5.82 Å². The quantitative estimate of drug-likeness (QED) is 0.453. The topological polar surface area (TPSA) is 78.8 Å². The second kappa shape index (κ2) is 7.50. The molecule has 0 radical (unpaired) electrons. The van der Waals surface area contributed by atoms with Crippen molar-refractivity contribution < 1.29 is 4.74 Å². The largest absolute Gasteiger partial charge is 0.482 e. The Balaban J connectivity index is 1.81. The molecule has 1 aromatic carbocycles. The Hall–Kier alpha value is -3.19. The van der Waals surface area contributed by atoms with Crippen LogP contribution in [0.5, 0.6) is 5.75 Å². The third kappa shape index (κ3) is 3.39. The number of pyridine rings is 1. The highest BCUT2D eigenvalue weighted by atomic mass is 32.1. The average Bonchev–Trinajstić information content (AvgIpc) is 3.32. The fraction of sp³-hybridized carbons (Fsp3) is 0.292. The van der Waals surface area contributed by atoms with Crippen molar-refractivity contribution >= 4 is 17.4 Å². The minimum absolute atomic E-state index is 0.214. The smallest absolute Gasteiger partial charge is 0.166 e. The van der Waals surface area contributed by atoms with Crippen molar-refractivity contribution in [3.05, 3.63) is 63.9 Å². The van der Waals surface area contributed by atoms with E-state index in [0.717, 1.165) is 45.6 Å². The normalized spacial score (nSPS) is 15.2. The molecule has 2 N–H and O–H groups in total. The molecule has 0 saturated carbocycles. The first-order chi connectivity index (χ1) is 14.9. The zero-order valence-corrected chi connectivity index (χ0v) is 19.0. The number of nitrogen functional groups attached to an aromatic ring is 1. The van der Waals surface area contributed by atoms with Gasteiger partial charge in [0.1, 0.15) is 6.10 Å².